The molecule has 5 nitrogen and oxygen atoms in total. The molecule has 1 aromatic carbocycles. The zero-order chi connectivity index (χ0) is 15.0. The number of aromatic nitrogens is 3. The first kappa shape index (κ1) is 13.3. The van der Waals surface area contributed by atoms with Crippen LogP contribution in [-0.2, 0) is 6.54 Å². The van der Waals surface area contributed by atoms with Gasteiger partial charge in [0.15, 0.2) is 0 Å². The number of hydrogen-bond acceptors (Lipinski definition) is 3. The Balaban J connectivity index is 2.29. The van der Waals surface area contributed by atoms with Crippen molar-refractivity contribution < 1.29 is 9.90 Å². The highest BCUT2D eigenvalue weighted by molar-refractivity contribution is 6.04. The van der Waals surface area contributed by atoms with Gasteiger partial charge in [0.25, 0.3) is 0 Å². The molecule has 0 fully saturated rings. The average Bonchev–Trinajstić information content (AvgIpc) is 2.95. The summed E-state index contributed by atoms with van der Waals surface area (Å²) in [5, 5.41) is 14.3. The smallest absolute Gasteiger partial charge is 0.336 e. The summed E-state index contributed by atoms with van der Waals surface area (Å²) < 4.78 is 1.79. The van der Waals surface area contributed by atoms with Gasteiger partial charge in [0.2, 0.25) is 0 Å². The Labute approximate surface area is 121 Å². The molecule has 0 bridgehead atoms. The molecule has 0 spiro atoms. The monoisotopic (exact) mass is 281 g/mol. The summed E-state index contributed by atoms with van der Waals surface area (Å²) in [6.07, 6.45) is 3.58. The summed E-state index contributed by atoms with van der Waals surface area (Å²) in [4.78, 5) is 16.1. The van der Waals surface area contributed by atoms with Gasteiger partial charge >= 0.3 is 5.97 Å². The Morgan fingerprint density at radius 3 is 2.86 bits per heavy atom. The molecule has 0 atom stereocenters. The average molecular weight is 281 g/mol. The van der Waals surface area contributed by atoms with Crippen molar-refractivity contribution in [3.8, 4) is 11.3 Å². The van der Waals surface area contributed by atoms with Crippen molar-refractivity contribution in [3.05, 3.63) is 47.8 Å². The fourth-order valence-corrected chi connectivity index (χ4v) is 2.39. The summed E-state index contributed by atoms with van der Waals surface area (Å²) in [5.74, 6) is -0.947. The van der Waals surface area contributed by atoms with E-state index in [4.69, 9.17) is 0 Å². The van der Waals surface area contributed by atoms with E-state index in [0.29, 0.717) is 11.1 Å². The van der Waals surface area contributed by atoms with E-state index in [-0.39, 0.29) is 5.56 Å². The lowest BCUT2D eigenvalue weighted by Crippen LogP contribution is -2.01. The van der Waals surface area contributed by atoms with Crippen LogP contribution in [0, 0.1) is 6.92 Å². The van der Waals surface area contributed by atoms with Crippen molar-refractivity contribution >= 4 is 16.9 Å². The molecule has 0 amide bonds. The van der Waals surface area contributed by atoms with E-state index in [2.05, 4.69) is 10.1 Å². The third-order valence-electron chi connectivity index (χ3n) is 3.52. The van der Waals surface area contributed by atoms with Gasteiger partial charge in [0.1, 0.15) is 0 Å². The molecule has 0 aliphatic rings. The summed E-state index contributed by atoms with van der Waals surface area (Å²) in [5.41, 5.74) is 3.40. The first-order chi connectivity index (χ1) is 10.1. The molecule has 0 radical (unpaired) electrons. The number of para-hydroxylation sites is 1. The van der Waals surface area contributed by atoms with Crippen LogP contribution in [0.4, 0.5) is 0 Å². The van der Waals surface area contributed by atoms with E-state index < -0.39 is 5.97 Å². The van der Waals surface area contributed by atoms with E-state index in [1.54, 1.807) is 23.0 Å². The van der Waals surface area contributed by atoms with Gasteiger partial charge in [0, 0.05) is 23.7 Å². The van der Waals surface area contributed by atoms with Gasteiger partial charge in [-0.3, -0.25) is 4.68 Å². The summed E-state index contributed by atoms with van der Waals surface area (Å²) >= 11 is 0. The molecule has 2 heterocycles. The fraction of sp³-hybridized carbons (Fsp3) is 0.188. The number of aromatic carboxylic acids is 1. The Morgan fingerprint density at radius 2 is 2.19 bits per heavy atom. The lowest BCUT2D eigenvalue weighted by Gasteiger charge is -2.07. The number of carboxylic acids is 1. The number of pyridine rings is 1. The van der Waals surface area contributed by atoms with E-state index in [0.717, 1.165) is 23.2 Å². The standard InChI is InChI=1S/C16H15N3O2/c1-3-19-9-11(8-17-19)14-7-13(16(20)21)12-6-4-5-10(2)15(12)18-14/h4-9H,3H2,1-2H3,(H,20,21). The maximum Gasteiger partial charge on any atom is 0.336 e. The quantitative estimate of drug-likeness (QED) is 0.801. The second kappa shape index (κ2) is 5.01. The Hall–Kier alpha value is -2.69. The molecule has 5 heteroatoms. The van der Waals surface area contributed by atoms with Crippen molar-refractivity contribution in [1.82, 2.24) is 14.8 Å². The highest BCUT2D eigenvalue weighted by atomic mass is 16.4. The number of carboxylic acid groups (broad SMARTS) is 1. The third-order valence-corrected chi connectivity index (χ3v) is 3.52. The van der Waals surface area contributed by atoms with E-state index in [1.165, 1.54) is 0 Å². The number of rotatable bonds is 3. The van der Waals surface area contributed by atoms with Crippen LogP contribution >= 0.6 is 0 Å². The van der Waals surface area contributed by atoms with Gasteiger partial charge in [0.05, 0.1) is 23.0 Å². The Morgan fingerprint density at radius 1 is 1.38 bits per heavy atom. The minimum Gasteiger partial charge on any atom is -0.478 e. The van der Waals surface area contributed by atoms with Crippen molar-refractivity contribution in [1.29, 1.82) is 0 Å². The summed E-state index contributed by atoms with van der Waals surface area (Å²) in [6.45, 7) is 4.69. The van der Waals surface area contributed by atoms with Gasteiger partial charge in [-0.1, -0.05) is 18.2 Å². The maximum atomic E-state index is 11.5. The molecule has 0 saturated carbocycles. The van der Waals surface area contributed by atoms with Crippen LogP contribution in [0.3, 0.4) is 0 Å². The van der Waals surface area contributed by atoms with Crippen LogP contribution in [0.1, 0.15) is 22.8 Å². The molecule has 2 aromatic heterocycles. The highest BCUT2D eigenvalue weighted by Gasteiger charge is 2.14. The van der Waals surface area contributed by atoms with Gasteiger partial charge in [-0.05, 0) is 25.5 Å². The molecule has 21 heavy (non-hydrogen) atoms. The molecular formula is C16H15N3O2. The first-order valence-electron chi connectivity index (χ1n) is 6.76. The first-order valence-corrected chi connectivity index (χ1v) is 6.76. The molecule has 106 valence electrons. The molecule has 0 aliphatic heterocycles. The molecular weight excluding hydrogens is 266 g/mol. The Kier molecular flexibility index (Phi) is 3.17. The molecule has 0 saturated heterocycles. The SMILES string of the molecule is CCn1cc(-c2cc(C(=O)O)c3cccc(C)c3n2)cn1. The number of carbonyl (C=O) groups is 1. The third kappa shape index (κ3) is 2.27. The van der Waals surface area contributed by atoms with Crippen LogP contribution in [-0.4, -0.2) is 25.8 Å². The normalized spacial score (nSPS) is 11.0. The molecule has 3 rings (SSSR count). The molecule has 3 aromatic rings. The second-order valence-corrected chi connectivity index (χ2v) is 4.92. The minimum atomic E-state index is -0.947. The molecule has 0 aliphatic carbocycles. The molecule has 1 N–H and O–H groups in total. The van der Waals surface area contributed by atoms with E-state index in [9.17, 15) is 9.90 Å². The number of hydrogen-bond donors (Lipinski definition) is 1. The predicted octanol–water partition coefficient (Wildman–Crippen LogP) is 3.12. The van der Waals surface area contributed by atoms with Crippen LogP contribution in [0.2, 0.25) is 0 Å². The van der Waals surface area contributed by atoms with Gasteiger partial charge in [-0.2, -0.15) is 5.10 Å². The number of benzene rings is 1. The van der Waals surface area contributed by atoms with Gasteiger partial charge in [-0.15, -0.1) is 0 Å². The van der Waals surface area contributed by atoms with Crippen molar-refractivity contribution in [2.24, 2.45) is 0 Å². The molecule has 0 unspecified atom stereocenters. The number of nitrogens with zero attached hydrogens (tertiary/aromatic N) is 3. The summed E-state index contributed by atoms with van der Waals surface area (Å²) in [6, 6.07) is 7.18. The lowest BCUT2D eigenvalue weighted by molar-refractivity contribution is 0.0699. The van der Waals surface area contributed by atoms with Crippen molar-refractivity contribution in [2.75, 3.05) is 0 Å². The lowest BCUT2D eigenvalue weighted by atomic mass is 10.0. The largest absolute Gasteiger partial charge is 0.478 e. The zero-order valence-corrected chi connectivity index (χ0v) is 11.9. The maximum absolute atomic E-state index is 11.5. The predicted molar refractivity (Wildman–Crippen MR) is 80.3 cm³/mol. The minimum absolute atomic E-state index is 0.267. The van der Waals surface area contributed by atoms with Crippen LogP contribution in [0.15, 0.2) is 36.7 Å². The fourth-order valence-electron chi connectivity index (χ4n) is 2.39. The van der Waals surface area contributed by atoms with Gasteiger partial charge in [-0.25, -0.2) is 9.78 Å². The second-order valence-electron chi connectivity index (χ2n) is 4.92. The van der Waals surface area contributed by atoms with Gasteiger partial charge < -0.3 is 5.11 Å². The van der Waals surface area contributed by atoms with E-state index in [1.807, 2.05) is 32.2 Å². The van der Waals surface area contributed by atoms with Crippen LogP contribution < -0.4 is 0 Å². The topological polar surface area (TPSA) is 68.0 Å². The zero-order valence-electron chi connectivity index (χ0n) is 11.9. The van der Waals surface area contributed by atoms with E-state index >= 15 is 0 Å². The van der Waals surface area contributed by atoms with Crippen molar-refractivity contribution in [2.45, 2.75) is 20.4 Å². The number of aryl methyl sites for hydroxylation is 2. The number of fused-ring (bicyclic) bond motifs is 1. The Bertz CT molecular complexity index is 837. The van der Waals surface area contributed by atoms with Crippen LogP contribution in [0.25, 0.3) is 22.2 Å². The van der Waals surface area contributed by atoms with Crippen molar-refractivity contribution in [3.63, 3.8) is 0 Å². The highest BCUT2D eigenvalue weighted by Crippen LogP contribution is 2.26. The van der Waals surface area contributed by atoms with Crippen LogP contribution in [0.5, 0.6) is 0 Å². The summed E-state index contributed by atoms with van der Waals surface area (Å²) in [7, 11) is 0.